The van der Waals surface area contributed by atoms with Gasteiger partial charge in [0, 0.05) is 37.9 Å². The predicted molar refractivity (Wildman–Crippen MR) is 106 cm³/mol. The molecule has 7 nitrogen and oxygen atoms in total. The third kappa shape index (κ3) is 5.45. The first-order valence-electron chi connectivity index (χ1n) is 11.1. The van der Waals surface area contributed by atoms with Gasteiger partial charge in [0.15, 0.2) is 0 Å². The van der Waals surface area contributed by atoms with Crippen LogP contribution in [0, 0.1) is 17.3 Å². The van der Waals surface area contributed by atoms with Gasteiger partial charge in [0.1, 0.15) is 0 Å². The van der Waals surface area contributed by atoms with E-state index in [1.54, 1.807) is 0 Å². The highest BCUT2D eigenvalue weighted by molar-refractivity contribution is 5.89. The highest BCUT2D eigenvalue weighted by Crippen LogP contribution is 2.31. The number of hydrogen-bond acceptors (Lipinski definition) is 5. The van der Waals surface area contributed by atoms with E-state index in [-0.39, 0.29) is 42.3 Å². The number of aliphatic hydroxyl groups excluding tert-OH is 2. The summed E-state index contributed by atoms with van der Waals surface area (Å²) in [6.45, 7) is 2.21. The molecule has 5 atom stereocenters. The maximum atomic E-state index is 13.0. The van der Waals surface area contributed by atoms with Gasteiger partial charge in [-0.1, -0.05) is 25.7 Å². The van der Waals surface area contributed by atoms with Gasteiger partial charge in [0.25, 0.3) is 0 Å². The molecule has 0 aromatic heterocycles. The van der Waals surface area contributed by atoms with E-state index < -0.39 is 5.41 Å². The van der Waals surface area contributed by atoms with Crippen molar-refractivity contribution in [2.75, 3.05) is 26.2 Å². The van der Waals surface area contributed by atoms with Crippen molar-refractivity contribution >= 4 is 11.8 Å². The highest BCUT2D eigenvalue weighted by atomic mass is 16.3. The zero-order valence-electron chi connectivity index (χ0n) is 16.9. The van der Waals surface area contributed by atoms with Gasteiger partial charge in [-0.3, -0.25) is 9.59 Å². The van der Waals surface area contributed by atoms with Gasteiger partial charge in [0.2, 0.25) is 11.8 Å². The number of hydrogen-bond donors (Lipinski definition) is 5. The normalized spacial score (nSPS) is 36.1. The smallest absolute Gasteiger partial charge is 0.228 e. The zero-order valence-corrected chi connectivity index (χ0v) is 16.9. The Kier molecular flexibility index (Phi) is 7.71. The average molecular weight is 396 g/mol. The first-order valence-corrected chi connectivity index (χ1v) is 11.1. The molecule has 28 heavy (non-hydrogen) atoms. The Bertz CT molecular complexity index is 536. The van der Waals surface area contributed by atoms with Crippen LogP contribution in [0.2, 0.25) is 0 Å². The highest BCUT2D eigenvalue weighted by Gasteiger charge is 2.43. The van der Waals surface area contributed by atoms with Crippen LogP contribution in [0.25, 0.3) is 0 Å². The molecule has 1 aliphatic heterocycles. The summed E-state index contributed by atoms with van der Waals surface area (Å²) in [6, 6.07) is 0. The summed E-state index contributed by atoms with van der Waals surface area (Å²) >= 11 is 0. The van der Waals surface area contributed by atoms with Crippen LogP contribution in [0.1, 0.15) is 64.2 Å². The van der Waals surface area contributed by atoms with Crippen LogP contribution in [0.3, 0.4) is 0 Å². The van der Waals surface area contributed by atoms with Gasteiger partial charge in [-0.15, -0.1) is 0 Å². The summed E-state index contributed by atoms with van der Waals surface area (Å²) < 4.78 is 0. The Labute approximate surface area is 168 Å². The second kappa shape index (κ2) is 10.0. The molecule has 5 unspecified atom stereocenters. The topological polar surface area (TPSA) is 111 Å². The first-order chi connectivity index (χ1) is 13.5. The second-order valence-electron chi connectivity index (χ2n) is 9.12. The largest absolute Gasteiger partial charge is 0.393 e. The van der Waals surface area contributed by atoms with Gasteiger partial charge < -0.3 is 26.2 Å². The number of nitrogens with one attached hydrogen (secondary N) is 3. The zero-order chi connectivity index (χ0) is 20.0. The minimum absolute atomic E-state index is 0.0804. The molecule has 1 heterocycles. The molecule has 3 fully saturated rings. The van der Waals surface area contributed by atoms with Crippen LogP contribution in [0.15, 0.2) is 0 Å². The summed E-state index contributed by atoms with van der Waals surface area (Å²) in [6.07, 6.45) is 7.94. The predicted octanol–water partition coefficient (Wildman–Crippen LogP) is 0.691. The monoisotopic (exact) mass is 395 g/mol. The molecule has 0 aromatic carbocycles. The quantitative estimate of drug-likeness (QED) is 0.436. The van der Waals surface area contributed by atoms with Gasteiger partial charge in [0.05, 0.1) is 17.6 Å². The van der Waals surface area contributed by atoms with E-state index in [2.05, 4.69) is 16.0 Å². The fraction of sp³-hybridized carbons (Fsp3) is 0.905. The molecule has 0 radical (unpaired) electrons. The van der Waals surface area contributed by atoms with Crippen molar-refractivity contribution in [3.05, 3.63) is 0 Å². The molecule has 160 valence electrons. The standard InChI is InChI=1S/C21H37N3O4/c25-17-7-3-1-5-15(17)12-23-19(27)11-21(9-10-22-14-21)20(28)24-13-16-6-2-4-8-18(16)26/h15-18,22,25-26H,1-14H2,(H,23,27)(H,24,28). The molecule has 0 bridgehead atoms. The summed E-state index contributed by atoms with van der Waals surface area (Å²) in [4.78, 5) is 25.5. The molecule has 0 aromatic rings. The minimum Gasteiger partial charge on any atom is -0.393 e. The summed E-state index contributed by atoms with van der Waals surface area (Å²) in [5, 5.41) is 29.4. The summed E-state index contributed by atoms with van der Waals surface area (Å²) in [5.74, 6) is 0.0418. The molecule has 3 aliphatic rings. The lowest BCUT2D eigenvalue weighted by Gasteiger charge is -2.31. The number of carbonyl (C=O) groups excluding carboxylic acids is 2. The first kappa shape index (κ1) is 21.5. The van der Waals surface area contributed by atoms with Crippen molar-refractivity contribution in [1.82, 2.24) is 16.0 Å². The third-order valence-corrected chi connectivity index (χ3v) is 7.05. The number of rotatable bonds is 7. The van der Waals surface area contributed by atoms with Crippen molar-refractivity contribution in [3.8, 4) is 0 Å². The summed E-state index contributed by atoms with van der Waals surface area (Å²) in [7, 11) is 0. The van der Waals surface area contributed by atoms with Crippen molar-refractivity contribution < 1.29 is 19.8 Å². The van der Waals surface area contributed by atoms with E-state index in [0.29, 0.717) is 26.1 Å². The van der Waals surface area contributed by atoms with E-state index in [1.807, 2.05) is 0 Å². The van der Waals surface area contributed by atoms with Crippen LogP contribution in [0.4, 0.5) is 0 Å². The summed E-state index contributed by atoms with van der Waals surface area (Å²) in [5.41, 5.74) is -0.713. The van der Waals surface area contributed by atoms with Gasteiger partial charge in [-0.25, -0.2) is 0 Å². The second-order valence-corrected chi connectivity index (χ2v) is 9.12. The van der Waals surface area contributed by atoms with Crippen molar-refractivity contribution in [3.63, 3.8) is 0 Å². The third-order valence-electron chi connectivity index (χ3n) is 7.05. The molecule has 5 N–H and O–H groups in total. The van der Waals surface area contributed by atoms with Crippen LogP contribution >= 0.6 is 0 Å². The molecule has 7 heteroatoms. The Morgan fingerprint density at radius 3 is 2.00 bits per heavy atom. The van der Waals surface area contributed by atoms with Gasteiger partial charge in [-0.2, -0.15) is 0 Å². The maximum absolute atomic E-state index is 13.0. The Balaban J connectivity index is 1.49. The van der Waals surface area contributed by atoms with E-state index in [4.69, 9.17) is 0 Å². The fourth-order valence-electron chi connectivity index (χ4n) is 5.05. The molecule has 2 saturated carbocycles. The van der Waals surface area contributed by atoms with Crippen molar-refractivity contribution in [2.24, 2.45) is 17.3 Å². The van der Waals surface area contributed by atoms with Crippen molar-refractivity contribution in [2.45, 2.75) is 76.4 Å². The Morgan fingerprint density at radius 1 is 0.893 bits per heavy atom. The maximum Gasteiger partial charge on any atom is 0.228 e. The van der Waals surface area contributed by atoms with Crippen LogP contribution < -0.4 is 16.0 Å². The Hall–Kier alpha value is -1.18. The van der Waals surface area contributed by atoms with Gasteiger partial charge >= 0.3 is 0 Å². The number of carbonyl (C=O) groups is 2. The molecule has 2 aliphatic carbocycles. The molecular formula is C21H37N3O4. The van der Waals surface area contributed by atoms with E-state index in [9.17, 15) is 19.8 Å². The molecule has 3 rings (SSSR count). The van der Waals surface area contributed by atoms with Crippen LogP contribution in [-0.2, 0) is 9.59 Å². The van der Waals surface area contributed by atoms with E-state index >= 15 is 0 Å². The SMILES string of the molecule is O=C(CC1(C(=O)NCC2CCCCC2O)CCNC1)NCC1CCCCC1O. The lowest BCUT2D eigenvalue weighted by Crippen LogP contribution is -2.48. The Morgan fingerprint density at radius 2 is 1.46 bits per heavy atom. The van der Waals surface area contributed by atoms with E-state index in [1.165, 1.54) is 0 Å². The fourth-order valence-corrected chi connectivity index (χ4v) is 5.05. The van der Waals surface area contributed by atoms with E-state index in [0.717, 1.165) is 57.9 Å². The number of aliphatic hydroxyl groups is 2. The number of amides is 2. The van der Waals surface area contributed by atoms with Crippen LogP contribution in [-0.4, -0.2) is 60.4 Å². The minimum atomic E-state index is -0.713. The average Bonchev–Trinajstić information content (AvgIpc) is 3.16. The lowest BCUT2D eigenvalue weighted by molar-refractivity contribution is -0.136. The lowest BCUT2D eigenvalue weighted by atomic mass is 9.81. The molecule has 1 saturated heterocycles. The van der Waals surface area contributed by atoms with Crippen LogP contribution in [0.5, 0.6) is 0 Å². The van der Waals surface area contributed by atoms with Crippen molar-refractivity contribution in [1.29, 1.82) is 0 Å². The van der Waals surface area contributed by atoms with Gasteiger partial charge in [-0.05, 0) is 38.6 Å². The molecule has 2 amide bonds. The molecule has 0 spiro atoms. The molecular weight excluding hydrogens is 358 g/mol.